The van der Waals surface area contributed by atoms with Crippen LogP contribution in [0.4, 0.5) is 5.69 Å². The third-order valence-electron chi connectivity index (χ3n) is 4.77. The minimum Gasteiger partial charge on any atom is -0.497 e. The predicted molar refractivity (Wildman–Crippen MR) is 105 cm³/mol. The van der Waals surface area contributed by atoms with Gasteiger partial charge >= 0.3 is 0 Å². The van der Waals surface area contributed by atoms with E-state index in [0.717, 1.165) is 9.87 Å². The van der Waals surface area contributed by atoms with E-state index >= 15 is 0 Å². The Balaban J connectivity index is 1.82. The minimum atomic E-state index is -3.81. The molecular weight excluding hydrogens is 382 g/mol. The van der Waals surface area contributed by atoms with E-state index in [0.29, 0.717) is 11.4 Å². The molecule has 1 amide bonds. The van der Waals surface area contributed by atoms with Gasteiger partial charge < -0.3 is 10.1 Å². The molecule has 152 valence electrons. The fraction of sp³-hybridized carbons (Fsp3) is 0.444. The number of hydrogen-bond donors (Lipinski definition) is 2. The monoisotopic (exact) mass is 407 g/mol. The highest BCUT2D eigenvalue weighted by molar-refractivity contribution is 7.87. The van der Waals surface area contributed by atoms with Gasteiger partial charge in [-0.05, 0) is 38.0 Å². The van der Waals surface area contributed by atoms with Crippen molar-refractivity contribution < 1.29 is 17.9 Å². The molecule has 1 aromatic carbocycles. The van der Waals surface area contributed by atoms with Crippen LogP contribution in [0.25, 0.3) is 0 Å². The van der Waals surface area contributed by atoms with Crippen LogP contribution in [0.2, 0.25) is 0 Å². The van der Waals surface area contributed by atoms with Crippen molar-refractivity contribution in [2.24, 2.45) is 0 Å². The van der Waals surface area contributed by atoms with Gasteiger partial charge in [0.05, 0.1) is 25.0 Å². The van der Waals surface area contributed by atoms with Crippen LogP contribution in [-0.2, 0) is 15.0 Å². The summed E-state index contributed by atoms with van der Waals surface area (Å²) >= 11 is 0. The van der Waals surface area contributed by atoms with E-state index in [1.54, 1.807) is 42.4 Å². The lowest BCUT2D eigenvalue weighted by Crippen LogP contribution is -2.55. The maximum Gasteiger partial charge on any atom is 0.280 e. The van der Waals surface area contributed by atoms with Crippen molar-refractivity contribution in [3.63, 3.8) is 0 Å². The first kappa shape index (κ1) is 20.3. The molecule has 2 heterocycles. The average molecular weight is 407 g/mol. The summed E-state index contributed by atoms with van der Waals surface area (Å²) in [6.07, 6.45) is 3.55. The van der Waals surface area contributed by atoms with E-state index in [-0.39, 0.29) is 12.5 Å². The minimum absolute atomic E-state index is 0.157. The SMILES string of the molecule is COc1cccc(C2CC(C(=O)Nc3cnn(C(C)C)c3)N(C)S(=O)(=O)N2)c1. The molecule has 2 N–H and O–H groups in total. The zero-order valence-electron chi connectivity index (χ0n) is 16.3. The number of benzene rings is 1. The molecule has 0 bridgehead atoms. The van der Waals surface area contributed by atoms with Crippen molar-refractivity contribution in [3.8, 4) is 5.75 Å². The first-order chi connectivity index (χ1) is 13.2. The molecule has 2 atom stereocenters. The van der Waals surface area contributed by atoms with Crippen molar-refractivity contribution in [1.29, 1.82) is 0 Å². The maximum absolute atomic E-state index is 12.8. The topological polar surface area (TPSA) is 106 Å². The van der Waals surface area contributed by atoms with Crippen LogP contribution in [0, 0.1) is 0 Å². The Labute approximate surface area is 164 Å². The number of nitrogens with zero attached hydrogens (tertiary/aromatic N) is 3. The van der Waals surface area contributed by atoms with Crippen LogP contribution in [0.3, 0.4) is 0 Å². The van der Waals surface area contributed by atoms with Crippen LogP contribution < -0.4 is 14.8 Å². The molecule has 1 saturated heterocycles. The lowest BCUT2D eigenvalue weighted by Gasteiger charge is -2.36. The summed E-state index contributed by atoms with van der Waals surface area (Å²) in [5.41, 5.74) is 1.27. The van der Waals surface area contributed by atoms with Gasteiger partial charge in [-0.15, -0.1) is 0 Å². The number of rotatable bonds is 5. The second-order valence-corrected chi connectivity index (χ2v) is 8.77. The van der Waals surface area contributed by atoms with E-state index in [9.17, 15) is 13.2 Å². The molecule has 10 heteroatoms. The molecule has 1 aliphatic rings. The zero-order chi connectivity index (χ0) is 20.5. The number of carbonyl (C=O) groups is 1. The van der Waals surface area contributed by atoms with Gasteiger partial charge in [-0.1, -0.05) is 12.1 Å². The van der Waals surface area contributed by atoms with E-state index < -0.39 is 28.2 Å². The Bertz CT molecular complexity index is 956. The molecule has 0 saturated carbocycles. The number of hydrogen-bond acceptors (Lipinski definition) is 5. The fourth-order valence-electron chi connectivity index (χ4n) is 3.10. The quantitative estimate of drug-likeness (QED) is 0.785. The summed E-state index contributed by atoms with van der Waals surface area (Å²) in [7, 11) is -0.870. The number of methoxy groups -OCH3 is 1. The van der Waals surface area contributed by atoms with Crippen LogP contribution in [0.1, 0.15) is 37.9 Å². The molecule has 9 nitrogen and oxygen atoms in total. The number of ether oxygens (including phenoxy) is 1. The van der Waals surface area contributed by atoms with Crippen LogP contribution >= 0.6 is 0 Å². The Morgan fingerprint density at radius 2 is 2.14 bits per heavy atom. The summed E-state index contributed by atoms with van der Waals surface area (Å²) in [5, 5.41) is 6.96. The third-order valence-corrected chi connectivity index (χ3v) is 6.36. The molecule has 2 unspecified atom stereocenters. The number of carbonyl (C=O) groups excluding carboxylic acids is 1. The normalized spacial score (nSPS) is 22.2. The van der Waals surface area contributed by atoms with Crippen molar-refractivity contribution in [2.45, 2.75) is 38.4 Å². The second-order valence-electron chi connectivity index (χ2n) is 7.01. The Morgan fingerprint density at radius 1 is 1.39 bits per heavy atom. The van der Waals surface area contributed by atoms with Crippen molar-refractivity contribution in [2.75, 3.05) is 19.5 Å². The van der Waals surface area contributed by atoms with Crippen LogP contribution in [0.15, 0.2) is 36.7 Å². The summed E-state index contributed by atoms with van der Waals surface area (Å²) in [5.74, 6) is 0.224. The molecular formula is C18H25N5O4S. The highest BCUT2D eigenvalue weighted by Gasteiger charge is 2.40. The van der Waals surface area contributed by atoms with Gasteiger partial charge in [-0.25, -0.2) is 0 Å². The van der Waals surface area contributed by atoms with Gasteiger partial charge in [0.2, 0.25) is 5.91 Å². The van der Waals surface area contributed by atoms with Gasteiger partial charge in [0, 0.05) is 19.3 Å². The van der Waals surface area contributed by atoms with Gasteiger partial charge in [0.1, 0.15) is 11.8 Å². The van der Waals surface area contributed by atoms with Crippen LogP contribution in [0.5, 0.6) is 5.75 Å². The van der Waals surface area contributed by atoms with Crippen molar-refractivity contribution in [3.05, 3.63) is 42.2 Å². The van der Waals surface area contributed by atoms with Gasteiger partial charge in [0.25, 0.3) is 10.2 Å². The molecule has 28 heavy (non-hydrogen) atoms. The standard InChI is InChI=1S/C18H25N5O4S/c1-12(2)23-11-14(10-19-23)20-18(24)17-9-16(21-28(25,26)22(17)3)13-6-5-7-15(8-13)27-4/h5-8,10-12,16-17,21H,9H2,1-4H3,(H,20,24). The van der Waals surface area contributed by atoms with E-state index in [1.807, 2.05) is 19.9 Å². The summed E-state index contributed by atoms with van der Waals surface area (Å²) in [6.45, 7) is 3.95. The Kier molecular flexibility index (Phi) is 5.73. The van der Waals surface area contributed by atoms with E-state index in [1.165, 1.54) is 7.05 Å². The molecule has 1 aliphatic heterocycles. The lowest BCUT2D eigenvalue weighted by molar-refractivity contribution is -0.120. The number of likely N-dealkylation sites (N-methyl/N-ethyl adjacent to an activating group) is 1. The first-order valence-corrected chi connectivity index (χ1v) is 10.4. The molecule has 0 radical (unpaired) electrons. The zero-order valence-corrected chi connectivity index (χ0v) is 17.1. The molecule has 0 spiro atoms. The lowest BCUT2D eigenvalue weighted by atomic mass is 9.99. The summed E-state index contributed by atoms with van der Waals surface area (Å²) in [6, 6.07) is 5.91. The fourth-order valence-corrected chi connectivity index (χ4v) is 4.37. The highest BCUT2D eigenvalue weighted by atomic mass is 32.2. The number of amides is 1. The number of anilines is 1. The third kappa shape index (κ3) is 4.18. The highest BCUT2D eigenvalue weighted by Crippen LogP contribution is 2.30. The van der Waals surface area contributed by atoms with E-state index in [2.05, 4.69) is 15.1 Å². The Morgan fingerprint density at radius 3 is 2.79 bits per heavy atom. The van der Waals surface area contributed by atoms with Crippen molar-refractivity contribution in [1.82, 2.24) is 18.8 Å². The van der Waals surface area contributed by atoms with Gasteiger partial charge in [0.15, 0.2) is 0 Å². The number of nitrogens with one attached hydrogen (secondary N) is 2. The Hall–Kier alpha value is -2.43. The molecule has 3 rings (SSSR count). The number of aromatic nitrogens is 2. The summed E-state index contributed by atoms with van der Waals surface area (Å²) < 4.78 is 35.8. The maximum atomic E-state index is 12.8. The smallest absolute Gasteiger partial charge is 0.280 e. The second kappa shape index (κ2) is 7.90. The first-order valence-electron chi connectivity index (χ1n) is 8.95. The van der Waals surface area contributed by atoms with Crippen molar-refractivity contribution >= 4 is 21.8 Å². The largest absolute Gasteiger partial charge is 0.497 e. The van der Waals surface area contributed by atoms with Gasteiger partial charge in [-0.2, -0.15) is 22.5 Å². The summed E-state index contributed by atoms with van der Waals surface area (Å²) in [4.78, 5) is 12.8. The van der Waals surface area contributed by atoms with E-state index in [4.69, 9.17) is 4.74 Å². The molecule has 2 aromatic rings. The molecule has 0 aliphatic carbocycles. The van der Waals surface area contributed by atoms with Crippen LogP contribution in [-0.4, -0.2) is 48.6 Å². The molecule has 1 aromatic heterocycles. The molecule has 1 fully saturated rings. The average Bonchev–Trinajstić information content (AvgIpc) is 3.12. The predicted octanol–water partition coefficient (Wildman–Crippen LogP) is 1.69. The van der Waals surface area contributed by atoms with Gasteiger partial charge in [-0.3, -0.25) is 9.48 Å².